The van der Waals surface area contributed by atoms with E-state index in [4.69, 9.17) is 0 Å². The summed E-state index contributed by atoms with van der Waals surface area (Å²) in [6.45, 7) is 1.49. The van der Waals surface area contributed by atoms with E-state index < -0.39 is 11.9 Å². The highest BCUT2D eigenvalue weighted by molar-refractivity contribution is 5.92. The molecule has 1 amide bonds. The van der Waals surface area contributed by atoms with Crippen LogP contribution in [0.4, 0.5) is 19.1 Å². The van der Waals surface area contributed by atoms with E-state index in [-0.39, 0.29) is 11.9 Å². The van der Waals surface area contributed by atoms with E-state index >= 15 is 0 Å². The summed E-state index contributed by atoms with van der Waals surface area (Å²) < 4.78 is 39.7. The number of carbonyl (C=O) groups is 1. The van der Waals surface area contributed by atoms with Crippen LogP contribution in [0, 0.1) is 0 Å². The number of piperazine rings is 1. The molecule has 3 heterocycles. The minimum atomic E-state index is -4.50. The number of rotatable bonds is 2. The highest BCUT2D eigenvalue weighted by Gasteiger charge is 2.33. The number of halogens is 3. The monoisotopic (exact) mass is 340 g/mol. The van der Waals surface area contributed by atoms with E-state index in [1.165, 1.54) is 4.68 Å². The van der Waals surface area contributed by atoms with Gasteiger partial charge in [0.25, 0.3) is 5.91 Å². The van der Waals surface area contributed by atoms with Gasteiger partial charge in [-0.25, -0.2) is 9.97 Å². The third-order valence-electron chi connectivity index (χ3n) is 3.82. The van der Waals surface area contributed by atoms with Crippen molar-refractivity contribution in [1.29, 1.82) is 0 Å². The van der Waals surface area contributed by atoms with Crippen molar-refractivity contribution in [3.05, 3.63) is 35.9 Å². The first kappa shape index (κ1) is 16.2. The number of hydrogen-bond donors (Lipinski definition) is 0. The average molecular weight is 340 g/mol. The van der Waals surface area contributed by atoms with E-state index in [1.807, 2.05) is 0 Å². The fourth-order valence-electron chi connectivity index (χ4n) is 2.51. The molecule has 0 radical (unpaired) electrons. The van der Waals surface area contributed by atoms with Crippen molar-refractivity contribution < 1.29 is 18.0 Å². The Balaban J connectivity index is 1.67. The molecule has 0 aromatic carbocycles. The molecule has 0 unspecified atom stereocenters. The van der Waals surface area contributed by atoms with E-state index in [0.29, 0.717) is 31.9 Å². The molecule has 1 aliphatic rings. The van der Waals surface area contributed by atoms with Gasteiger partial charge in [0.15, 0.2) is 0 Å². The lowest BCUT2D eigenvalue weighted by atomic mass is 10.3. The lowest BCUT2D eigenvalue weighted by Crippen LogP contribution is -2.49. The van der Waals surface area contributed by atoms with Crippen molar-refractivity contribution in [3.63, 3.8) is 0 Å². The Morgan fingerprint density at radius 2 is 1.83 bits per heavy atom. The summed E-state index contributed by atoms with van der Waals surface area (Å²) in [6, 6.07) is 2.47. The van der Waals surface area contributed by atoms with Crippen molar-refractivity contribution >= 4 is 11.9 Å². The van der Waals surface area contributed by atoms with E-state index in [2.05, 4.69) is 15.1 Å². The summed E-state index contributed by atoms with van der Waals surface area (Å²) >= 11 is 0. The summed E-state index contributed by atoms with van der Waals surface area (Å²) in [5.41, 5.74) is -0.500. The maximum atomic E-state index is 12.7. The molecule has 1 saturated heterocycles. The fourth-order valence-corrected chi connectivity index (χ4v) is 2.51. The highest BCUT2D eigenvalue weighted by Crippen LogP contribution is 2.28. The van der Waals surface area contributed by atoms with Crippen LogP contribution >= 0.6 is 0 Å². The molecule has 0 N–H and O–H groups in total. The highest BCUT2D eigenvalue weighted by atomic mass is 19.4. The number of aryl methyl sites for hydroxylation is 1. The Morgan fingerprint density at radius 1 is 1.12 bits per heavy atom. The van der Waals surface area contributed by atoms with Crippen LogP contribution in [0.15, 0.2) is 24.5 Å². The van der Waals surface area contributed by atoms with Gasteiger partial charge in [-0.15, -0.1) is 0 Å². The molecule has 1 fully saturated rings. The summed E-state index contributed by atoms with van der Waals surface area (Å²) in [7, 11) is 1.68. The second kappa shape index (κ2) is 6.10. The Kier molecular flexibility index (Phi) is 4.12. The summed E-state index contributed by atoms with van der Waals surface area (Å²) in [5, 5.41) is 3.96. The van der Waals surface area contributed by atoms with Gasteiger partial charge in [-0.3, -0.25) is 9.48 Å². The number of hydrogen-bond acceptors (Lipinski definition) is 5. The van der Waals surface area contributed by atoms with E-state index in [1.54, 1.807) is 29.1 Å². The molecule has 0 aliphatic carbocycles. The lowest BCUT2D eigenvalue weighted by molar-refractivity contribution is -0.141. The Hall–Kier alpha value is -2.65. The fraction of sp³-hybridized carbons (Fsp3) is 0.429. The molecular formula is C14H15F3N6O. The van der Waals surface area contributed by atoms with Gasteiger partial charge in [0.05, 0.1) is 0 Å². The largest absolute Gasteiger partial charge is 0.433 e. The number of alkyl halides is 3. The Labute approximate surface area is 135 Å². The SMILES string of the molecule is Cn1nccc1C(=O)N1CCN(c2nccc(C(F)(F)F)n2)CC1. The number of carbonyl (C=O) groups excluding carboxylic acids is 1. The standard InChI is InChI=1S/C14H15F3N6O/c1-21-10(2-5-19-21)12(24)22-6-8-23(9-7-22)13-18-4-3-11(20-13)14(15,16)17/h2-5H,6-9H2,1H3. The van der Waals surface area contributed by atoms with E-state index in [9.17, 15) is 18.0 Å². The van der Waals surface area contributed by atoms with Gasteiger partial charge in [-0.2, -0.15) is 18.3 Å². The predicted octanol–water partition coefficient (Wildman–Crippen LogP) is 1.19. The Bertz CT molecular complexity index is 736. The molecule has 1 aliphatic heterocycles. The van der Waals surface area contributed by atoms with Gasteiger partial charge in [0.1, 0.15) is 11.4 Å². The molecule has 2 aromatic heterocycles. The zero-order chi connectivity index (χ0) is 17.3. The molecule has 128 valence electrons. The van der Waals surface area contributed by atoms with Crippen molar-refractivity contribution in [1.82, 2.24) is 24.6 Å². The van der Waals surface area contributed by atoms with Gasteiger partial charge in [-0.1, -0.05) is 0 Å². The molecule has 3 rings (SSSR count). The van der Waals surface area contributed by atoms with Gasteiger partial charge in [0, 0.05) is 45.6 Å². The van der Waals surface area contributed by atoms with Gasteiger partial charge in [0.2, 0.25) is 5.95 Å². The van der Waals surface area contributed by atoms with Crippen LogP contribution in [0.3, 0.4) is 0 Å². The summed E-state index contributed by atoms with van der Waals surface area (Å²) in [6.07, 6.45) is -1.87. The molecule has 0 spiro atoms. The van der Waals surface area contributed by atoms with Crippen molar-refractivity contribution in [2.24, 2.45) is 7.05 Å². The molecule has 0 saturated carbocycles. The third-order valence-corrected chi connectivity index (χ3v) is 3.82. The van der Waals surface area contributed by atoms with Crippen LogP contribution in [0.2, 0.25) is 0 Å². The van der Waals surface area contributed by atoms with Crippen molar-refractivity contribution in [2.75, 3.05) is 31.1 Å². The third kappa shape index (κ3) is 3.17. The van der Waals surface area contributed by atoms with Crippen molar-refractivity contribution in [3.8, 4) is 0 Å². The average Bonchev–Trinajstić information content (AvgIpc) is 3.00. The molecule has 10 heteroatoms. The normalized spacial score (nSPS) is 15.7. The predicted molar refractivity (Wildman–Crippen MR) is 78.4 cm³/mol. The summed E-state index contributed by atoms with van der Waals surface area (Å²) in [4.78, 5) is 23.1. The zero-order valence-electron chi connectivity index (χ0n) is 12.9. The first-order chi connectivity index (χ1) is 11.4. The van der Waals surface area contributed by atoms with E-state index in [0.717, 1.165) is 12.3 Å². The quantitative estimate of drug-likeness (QED) is 0.822. The van der Waals surface area contributed by atoms with Gasteiger partial charge >= 0.3 is 6.18 Å². The van der Waals surface area contributed by atoms with Crippen LogP contribution in [0.1, 0.15) is 16.2 Å². The second-order valence-corrected chi connectivity index (χ2v) is 5.36. The molecule has 0 bridgehead atoms. The second-order valence-electron chi connectivity index (χ2n) is 5.36. The Morgan fingerprint density at radius 3 is 2.42 bits per heavy atom. The van der Waals surface area contributed by atoms with Gasteiger partial charge < -0.3 is 9.80 Å². The van der Waals surface area contributed by atoms with Crippen LogP contribution < -0.4 is 4.90 Å². The van der Waals surface area contributed by atoms with Crippen LogP contribution in [-0.4, -0.2) is 56.7 Å². The topological polar surface area (TPSA) is 67.2 Å². The zero-order valence-corrected chi connectivity index (χ0v) is 12.9. The molecule has 2 aromatic rings. The minimum absolute atomic E-state index is 0.0254. The number of aromatic nitrogens is 4. The maximum absolute atomic E-state index is 12.7. The van der Waals surface area contributed by atoms with Crippen LogP contribution in [0.5, 0.6) is 0 Å². The van der Waals surface area contributed by atoms with Crippen LogP contribution in [0.25, 0.3) is 0 Å². The minimum Gasteiger partial charge on any atom is -0.337 e. The maximum Gasteiger partial charge on any atom is 0.433 e. The number of amides is 1. The lowest BCUT2D eigenvalue weighted by Gasteiger charge is -2.34. The smallest absolute Gasteiger partial charge is 0.337 e. The van der Waals surface area contributed by atoms with Crippen molar-refractivity contribution in [2.45, 2.75) is 6.18 Å². The summed E-state index contributed by atoms with van der Waals surface area (Å²) in [5.74, 6) is -0.128. The molecule has 0 atom stereocenters. The molecular weight excluding hydrogens is 325 g/mol. The van der Waals surface area contributed by atoms with Gasteiger partial charge in [-0.05, 0) is 12.1 Å². The first-order valence-corrected chi connectivity index (χ1v) is 7.29. The molecule has 7 nitrogen and oxygen atoms in total. The molecule has 24 heavy (non-hydrogen) atoms. The number of nitrogens with zero attached hydrogens (tertiary/aromatic N) is 6. The van der Waals surface area contributed by atoms with Crippen LogP contribution in [-0.2, 0) is 13.2 Å². The first-order valence-electron chi connectivity index (χ1n) is 7.29. The number of anilines is 1.